The summed E-state index contributed by atoms with van der Waals surface area (Å²) in [6.07, 6.45) is 4.71. The number of aryl methyl sites for hydroxylation is 1. The number of aromatic nitrogens is 2. The van der Waals surface area contributed by atoms with Gasteiger partial charge in [-0.1, -0.05) is 0 Å². The molecule has 2 rings (SSSR count). The lowest BCUT2D eigenvalue weighted by Gasteiger charge is -2.11. The number of carbonyl (C=O) groups is 1. The second-order valence-electron chi connectivity index (χ2n) is 4.10. The molecule has 1 amide bonds. The summed E-state index contributed by atoms with van der Waals surface area (Å²) >= 11 is 0. The zero-order valence-electron chi connectivity index (χ0n) is 9.34. The molecule has 4 nitrogen and oxygen atoms in total. The largest absolute Gasteiger partial charge is 0.349 e. The summed E-state index contributed by atoms with van der Waals surface area (Å²) < 4.78 is 2.13. The van der Waals surface area contributed by atoms with Gasteiger partial charge in [-0.15, -0.1) is 0 Å². The van der Waals surface area contributed by atoms with E-state index in [9.17, 15) is 4.79 Å². The maximum Gasteiger partial charge on any atom is 0.217 e. The Morgan fingerprint density at radius 1 is 1.47 bits per heavy atom. The SMILES string of the molecule is CC(=O)NCc1nc2c(n1C)CCCC2. The first-order chi connectivity index (χ1) is 7.18. The Morgan fingerprint density at radius 2 is 2.20 bits per heavy atom. The number of imidazole rings is 1. The van der Waals surface area contributed by atoms with Gasteiger partial charge in [-0.2, -0.15) is 0 Å². The molecule has 15 heavy (non-hydrogen) atoms. The van der Waals surface area contributed by atoms with Crippen LogP contribution in [0.25, 0.3) is 0 Å². The van der Waals surface area contributed by atoms with E-state index in [1.807, 2.05) is 7.05 Å². The van der Waals surface area contributed by atoms with Crippen LogP contribution in [0.2, 0.25) is 0 Å². The number of nitrogens with zero attached hydrogens (tertiary/aromatic N) is 2. The molecule has 0 radical (unpaired) electrons. The lowest BCUT2D eigenvalue weighted by atomic mass is 10.0. The normalized spacial score (nSPS) is 14.8. The van der Waals surface area contributed by atoms with Crippen molar-refractivity contribution in [2.75, 3.05) is 0 Å². The molecule has 0 aliphatic heterocycles. The van der Waals surface area contributed by atoms with Gasteiger partial charge in [0, 0.05) is 19.7 Å². The Bertz CT molecular complexity index is 381. The number of amides is 1. The van der Waals surface area contributed by atoms with Crippen molar-refractivity contribution in [3.05, 3.63) is 17.2 Å². The van der Waals surface area contributed by atoms with E-state index in [-0.39, 0.29) is 5.91 Å². The van der Waals surface area contributed by atoms with Crippen molar-refractivity contribution in [1.82, 2.24) is 14.9 Å². The van der Waals surface area contributed by atoms with Gasteiger partial charge in [0.15, 0.2) is 0 Å². The van der Waals surface area contributed by atoms with E-state index in [1.165, 1.54) is 31.2 Å². The average Bonchev–Trinajstić information content (AvgIpc) is 2.54. The van der Waals surface area contributed by atoms with E-state index in [4.69, 9.17) is 0 Å². The molecule has 0 saturated carbocycles. The molecule has 82 valence electrons. The van der Waals surface area contributed by atoms with E-state index in [0.717, 1.165) is 18.7 Å². The van der Waals surface area contributed by atoms with E-state index in [1.54, 1.807) is 0 Å². The number of hydrogen-bond donors (Lipinski definition) is 1. The van der Waals surface area contributed by atoms with Crippen molar-refractivity contribution in [3.8, 4) is 0 Å². The van der Waals surface area contributed by atoms with Crippen LogP contribution in [0.3, 0.4) is 0 Å². The minimum atomic E-state index is -0.00373. The van der Waals surface area contributed by atoms with Gasteiger partial charge < -0.3 is 9.88 Å². The van der Waals surface area contributed by atoms with Gasteiger partial charge in [0.05, 0.1) is 12.2 Å². The minimum absolute atomic E-state index is 0.00373. The fourth-order valence-electron chi connectivity index (χ4n) is 2.10. The van der Waals surface area contributed by atoms with Gasteiger partial charge in [0.25, 0.3) is 0 Å². The quantitative estimate of drug-likeness (QED) is 0.784. The minimum Gasteiger partial charge on any atom is -0.349 e. The Morgan fingerprint density at radius 3 is 2.87 bits per heavy atom. The molecular weight excluding hydrogens is 190 g/mol. The fourth-order valence-corrected chi connectivity index (χ4v) is 2.10. The van der Waals surface area contributed by atoms with E-state index >= 15 is 0 Å². The monoisotopic (exact) mass is 207 g/mol. The highest BCUT2D eigenvalue weighted by Gasteiger charge is 2.17. The Balaban J connectivity index is 2.18. The summed E-state index contributed by atoms with van der Waals surface area (Å²) in [4.78, 5) is 15.4. The first-order valence-electron chi connectivity index (χ1n) is 5.46. The van der Waals surface area contributed by atoms with Crippen LogP contribution in [0.1, 0.15) is 37.0 Å². The molecule has 1 aliphatic carbocycles. The average molecular weight is 207 g/mol. The zero-order valence-corrected chi connectivity index (χ0v) is 9.34. The molecular formula is C11H17N3O. The van der Waals surface area contributed by atoms with Crippen LogP contribution in [0.4, 0.5) is 0 Å². The molecule has 0 saturated heterocycles. The van der Waals surface area contributed by atoms with Crippen LogP contribution in [-0.4, -0.2) is 15.5 Å². The van der Waals surface area contributed by atoms with E-state index in [2.05, 4.69) is 14.9 Å². The molecule has 0 aromatic carbocycles. The van der Waals surface area contributed by atoms with E-state index < -0.39 is 0 Å². The molecule has 0 fully saturated rings. The van der Waals surface area contributed by atoms with Crippen LogP contribution in [0.5, 0.6) is 0 Å². The molecule has 0 bridgehead atoms. The third-order valence-electron chi connectivity index (χ3n) is 2.96. The van der Waals surface area contributed by atoms with Gasteiger partial charge in [-0.3, -0.25) is 4.79 Å². The van der Waals surface area contributed by atoms with Crippen molar-refractivity contribution < 1.29 is 4.79 Å². The molecule has 1 aliphatic rings. The van der Waals surface area contributed by atoms with Gasteiger partial charge >= 0.3 is 0 Å². The van der Waals surface area contributed by atoms with E-state index in [0.29, 0.717) is 6.54 Å². The lowest BCUT2D eigenvalue weighted by molar-refractivity contribution is -0.119. The van der Waals surface area contributed by atoms with Gasteiger partial charge in [0.1, 0.15) is 5.82 Å². The molecule has 1 heterocycles. The second kappa shape index (κ2) is 4.04. The van der Waals surface area contributed by atoms with Crippen molar-refractivity contribution >= 4 is 5.91 Å². The summed E-state index contributed by atoms with van der Waals surface area (Å²) in [5.74, 6) is 0.966. The highest BCUT2D eigenvalue weighted by atomic mass is 16.1. The van der Waals surface area contributed by atoms with Crippen LogP contribution in [0.15, 0.2) is 0 Å². The Hall–Kier alpha value is -1.32. The van der Waals surface area contributed by atoms with Crippen LogP contribution < -0.4 is 5.32 Å². The van der Waals surface area contributed by atoms with Crippen molar-refractivity contribution in [2.45, 2.75) is 39.2 Å². The maximum absolute atomic E-state index is 10.8. The summed E-state index contributed by atoms with van der Waals surface area (Å²) in [5.41, 5.74) is 2.57. The molecule has 1 N–H and O–H groups in total. The number of rotatable bonds is 2. The van der Waals surface area contributed by atoms with Crippen molar-refractivity contribution in [1.29, 1.82) is 0 Å². The van der Waals surface area contributed by atoms with Gasteiger partial charge in [-0.25, -0.2) is 4.98 Å². The fraction of sp³-hybridized carbons (Fsp3) is 0.636. The van der Waals surface area contributed by atoms with Crippen LogP contribution >= 0.6 is 0 Å². The molecule has 4 heteroatoms. The van der Waals surface area contributed by atoms with Crippen LogP contribution in [0, 0.1) is 0 Å². The van der Waals surface area contributed by atoms with Gasteiger partial charge in [-0.05, 0) is 25.7 Å². The molecule has 1 aromatic rings. The van der Waals surface area contributed by atoms with Crippen molar-refractivity contribution in [2.24, 2.45) is 7.05 Å². The second-order valence-corrected chi connectivity index (χ2v) is 4.10. The third-order valence-corrected chi connectivity index (χ3v) is 2.96. The predicted octanol–water partition coefficient (Wildman–Crippen LogP) is 0.935. The zero-order chi connectivity index (χ0) is 10.8. The number of carbonyl (C=O) groups excluding carboxylic acids is 1. The third kappa shape index (κ3) is 2.03. The van der Waals surface area contributed by atoms with Gasteiger partial charge in [0.2, 0.25) is 5.91 Å². The highest BCUT2D eigenvalue weighted by molar-refractivity contribution is 5.72. The Kier molecular flexibility index (Phi) is 2.75. The number of nitrogens with one attached hydrogen (secondary N) is 1. The maximum atomic E-state index is 10.8. The summed E-state index contributed by atoms with van der Waals surface area (Å²) in [7, 11) is 2.04. The standard InChI is InChI=1S/C11H17N3O/c1-8(15)12-7-11-13-9-5-3-4-6-10(9)14(11)2/h3-7H2,1-2H3,(H,12,15). The molecule has 0 spiro atoms. The first kappa shape index (κ1) is 10.2. The number of hydrogen-bond acceptors (Lipinski definition) is 2. The lowest BCUT2D eigenvalue weighted by Crippen LogP contribution is -2.21. The van der Waals surface area contributed by atoms with Crippen LogP contribution in [-0.2, 0) is 31.2 Å². The summed E-state index contributed by atoms with van der Waals surface area (Å²) in [6.45, 7) is 2.07. The highest BCUT2D eigenvalue weighted by Crippen LogP contribution is 2.20. The smallest absolute Gasteiger partial charge is 0.217 e. The molecule has 1 aromatic heterocycles. The first-order valence-corrected chi connectivity index (χ1v) is 5.46. The molecule has 0 atom stereocenters. The Labute approximate surface area is 89.7 Å². The predicted molar refractivity (Wildman–Crippen MR) is 57.4 cm³/mol. The van der Waals surface area contributed by atoms with Crippen molar-refractivity contribution in [3.63, 3.8) is 0 Å². The summed E-state index contributed by atoms with van der Waals surface area (Å²) in [5, 5.41) is 2.79. The topological polar surface area (TPSA) is 46.9 Å². The summed E-state index contributed by atoms with van der Waals surface area (Å²) in [6, 6.07) is 0. The number of fused-ring (bicyclic) bond motifs is 1. The molecule has 0 unspecified atom stereocenters.